The van der Waals surface area contributed by atoms with Gasteiger partial charge in [0.15, 0.2) is 5.75 Å². The summed E-state index contributed by atoms with van der Waals surface area (Å²) in [6.45, 7) is 16.6. The maximum atomic E-state index is 13.8. The molecule has 0 aromatic heterocycles. The van der Waals surface area contributed by atoms with Crippen molar-refractivity contribution in [3.8, 4) is 52.1 Å². The van der Waals surface area contributed by atoms with E-state index in [4.69, 9.17) is 18.9 Å². The maximum absolute atomic E-state index is 13.8. The third kappa shape index (κ3) is 11.9. The molecular formula is C47H39FO8. The Hall–Kier alpha value is -7.23. The molecule has 0 aliphatic rings. The molecule has 4 aromatic carbocycles. The lowest BCUT2D eigenvalue weighted by Crippen LogP contribution is -2.13. The van der Waals surface area contributed by atoms with Crippen molar-refractivity contribution < 1.29 is 42.5 Å². The van der Waals surface area contributed by atoms with Crippen molar-refractivity contribution in [2.75, 3.05) is 13.3 Å². The molecule has 4 aromatic rings. The molecule has 4 rings (SSSR count). The smallest absolute Gasteiger partial charge is 0.338 e. The predicted molar refractivity (Wildman–Crippen MR) is 213 cm³/mol. The molecule has 0 amide bonds. The Morgan fingerprint density at radius 3 is 1.68 bits per heavy atom. The van der Waals surface area contributed by atoms with E-state index in [1.165, 1.54) is 0 Å². The fraction of sp³-hybridized carbons (Fsp3) is 0.149. The van der Waals surface area contributed by atoms with Gasteiger partial charge in [-0.05, 0) is 110 Å². The van der Waals surface area contributed by atoms with E-state index >= 15 is 0 Å². The third-order valence-electron chi connectivity index (χ3n) is 7.88. The SMILES string of the molecule is C=CC(=O)Oc1ccc(C#Cc2ccc(-c3cc(CCOC(=O)C(=C)C)c(C#Cc4ccc(OC(=O)C(=C)C)cc4)c(OC(=O)C=C)c3CCCF)cc2)cc1. The Balaban J connectivity index is 1.81. The molecule has 0 fully saturated rings. The van der Waals surface area contributed by atoms with Crippen molar-refractivity contribution >= 4 is 23.9 Å². The van der Waals surface area contributed by atoms with Crippen LogP contribution in [-0.2, 0) is 36.8 Å². The Morgan fingerprint density at radius 2 is 1.16 bits per heavy atom. The van der Waals surface area contributed by atoms with Crippen molar-refractivity contribution in [2.24, 2.45) is 0 Å². The Bertz CT molecular complexity index is 2290. The topological polar surface area (TPSA) is 105 Å². The first kappa shape index (κ1) is 41.5. The summed E-state index contributed by atoms with van der Waals surface area (Å²) in [7, 11) is 0. The molecule has 0 aliphatic heterocycles. The first-order valence-corrected chi connectivity index (χ1v) is 17.4. The first-order chi connectivity index (χ1) is 26.9. The van der Waals surface area contributed by atoms with Crippen LogP contribution in [0.25, 0.3) is 11.1 Å². The Morgan fingerprint density at radius 1 is 0.661 bits per heavy atom. The molecule has 0 saturated carbocycles. The fourth-order valence-electron chi connectivity index (χ4n) is 5.04. The predicted octanol–water partition coefficient (Wildman–Crippen LogP) is 8.38. The normalized spacial score (nSPS) is 9.98. The van der Waals surface area contributed by atoms with E-state index in [9.17, 15) is 23.6 Å². The minimum Gasteiger partial charge on any atom is -0.462 e. The number of alkyl halides is 1. The lowest BCUT2D eigenvalue weighted by molar-refractivity contribution is -0.139. The van der Waals surface area contributed by atoms with Gasteiger partial charge < -0.3 is 18.9 Å². The van der Waals surface area contributed by atoms with Crippen LogP contribution in [0.2, 0.25) is 0 Å². The van der Waals surface area contributed by atoms with Crippen LogP contribution in [-0.4, -0.2) is 37.2 Å². The molecule has 0 aliphatic carbocycles. The van der Waals surface area contributed by atoms with Crippen LogP contribution >= 0.6 is 0 Å². The molecule has 0 radical (unpaired) electrons. The van der Waals surface area contributed by atoms with Crippen LogP contribution < -0.4 is 14.2 Å². The monoisotopic (exact) mass is 750 g/mol. The number of hydrogen-bond acceptors (Lipinski definition) is 8. The lowest BCUT2D eigenvalue weighted by atomic mass is 9.89. The molecule has 0 heterocycles. The second-order valence-electron chi connectivity index (χ2n) is 12.3. The van der Waals surface area contributed by atoms with E-state index in [0.29, 0.717) is 50.4 Å². The third-order valence-corrected chi connectivity index (χ3v) is 7.88. The van der Waals surface area contributed by atoms with E-state index in [-0.39, 0.29) is 42.8 Å². The van der Waals surface area contributed by atoms with E-state index < -0.39 is 30.6 Å². The van der Waals surface area contributed by atoms with E-state index in [1.807, 2.05) is 30.3 Å². The van der Waals surface area contributed by atoms with Crippen molar-refractivity contribution in [3.63, 3.8) is 0 Å². The molecule has 0 N–H and O–H groups in total. The molecule has 9 heteroatoms. The van der Waals surface area contributed by atoms with Gasteiger partial charge in [-0.3, -0.25) is 4.39 Å². The number of carbonyl (C=O) groups is 4. The standard InChI is InChI=1S/C47H39FO8/c1-7-43(49)54-38-22-15-34(16-23-38)12-11-33-13-20-36(21-14-33)42-30-37(27-29-53-46(51)31(3)4)40(45(56-44(50)8-2)41(42)10-9-28-48)26-19-35-17-24-39(25-18-35)55-47(52)32(5)6/h7-8,13-18,20-25,30H,1-3,5,9-10,27-29H2,4,6H3. The number of halogens is 1. The summed E-state index contributed by atoms with van der Waals surface area (Å²) in [6, 6.07) is 22.5. The summed E-state index contributed by atoms with van der Waals surface area (Å²) in [6.07, 6.45) is 2.62. The maximum Gasteiger partial charge on any atom is 0.338 e. The van der Waals surface area contributed by atoms with Crippen molar-refractivity contribution in [1.82, 2.24) is 0 Å². The van der Waals surface area contributed by atoms with Crippen LogP contribution in [0, 0.1) is 23.7 Å². The number of ether oxygens (including phenoxy) is 4. The fourth-order valence-corrected chi connectivity index (χ4v) is 5.04. The highest BCUT2D eigenvalue weighted by Gasteiger charge is 2.22. The van der Waals surface area contributed by atoms with Gasteiger partial charge in [-0.15, -0.1) is 0 Å². The Labute approximate surface area is 326 Å². The van der Waals surface area contributed by atoms with Gasteiger partial charge in [0.05, 0.1) is 18.8 Å². The minimum atomic E-state index is -0.743. The number of esters is 4. The summed E-state index contributed by atoms with van der Waals surface area (Å²) >= 11 is 0. The summed E-state index contributed by atoms with van der Waals surface area (Å²) in [5.74, 6) is 10.8. The zero-order valence-electron chi connectivity index (χ0n) is 31.2. The van der Waals surface area contributed by atoms with Crippen LogP contribution in [0.4, 0.5) is 4.39 Å². The minimum absolute atomic E-state index is 0.0343. The van der Waals surface area contributed by atoms with Gasteiger partial charge in [0.25, 0.3) is 0 Å². The van der Waals surface area contributed by atoms with Crippen molar-refractivity contribution in [2.45, 2.75) is 33.1 Å². The second-order valence-corrected chi connectivity index (χ2v) is 12.3. The van der Waals surface area contributed by atoms with Crippen molar-refractivity contribution in [3.05, 3.63) is 162 Å². The molecule has 8 nitrogen and oxygen atoms in total. The van der Waals surface area contributed by atoms with Gasteiger partial charge in [0.2, 0.25) is 0 Å². The molecule has 0 spiro atoms. The van der Waals surface area contributed by atoms with E-state index in [2.05, 4.69) is 50.0 Å². The first-order valence-electron chi connectivity index (χ1n) is 17.4. The highest BCUT2D eigenvalue weighted by molar-refractivity contribution is 5.89. The number of benzene rings is 4. The number of hydrogen-bond donors (Lipinski definition) is 0. The van der Waals surface area contributed by atoms with Gasteiger partial charge in [-0.1, -0.05) is 62.1 Å². The Kier molecular flexibility index (Phi) is 15.0. The average molecular weight is 751 g/mol. The lowest BCUT2D eigenvalue weighted by Gasteiger charge is -2.20. The van der Waals surface area contributed by atoms with Gasteiger partial charge in [0.1, 0.15) is 11.5 Å². The van der Waals surface area contributed by atoms with Gasteiger partial charge in [-0.25, -0.2) is 19.2 Å². The summed E-state index contributed by atoms with van der Waals surface area (Å²) in [4.78, 5) is 48.5. The van der Waals surface area contributed by atoms with E-state index in [1.54, 1.807) is 62.4 Å². The molecule has 282 valence electrons. The van der Waals surface area contributed by atoms with Gasteiger partial charge >= 0.3 is 23.9 Å². The van der Waals surface area contributed by atoms with Crippen LogP contribution in [0.15, 0.2) is 128 Å². The largest absolute Gasteiger partial charge is 0.462 e. The summed E-state index contributed by atoms with van der Waals surface area (Å²) in [5.41, 5.74) is 5.31. The molecule has 0 saturated heterocycles. The van der Waals surface area contributed by atoms with Gasteiger partial charge in [-0.2, -0.15) is 0 Å². The van der Waals surface area contributed by atoms with Crippen molar-refractivity contribution in [1.29, 1.82) is 0 Å². The van der Waals surface area contributed by atoms with Gasteiger partial charge in [0, 0.05) is 52.0 Å². The van der Waals surface area contributed by atoms with Crippen LogP contribution in [0.3, 0.4) is 0 Å². The number of rotatable bonds is 14. The molecule has 0 bridgehead atoms. The second kappa shape index (κ2) is 20.3. The molecule has 0 atom stereocenters. The summed E-state index contributed by atoms with van der Waals surface area (Å²) < 4.78 is 35.5. The quantitative estimate of drug-likeness (QED) is 0.0548. The molecular weight excluding hydrogens is 712 g/mol. The van der Waals surface area contributed by atoms with E-state index in [0.717, 1.165) is 17.7 Å². The molecule has 56 heavy (non-hydrogen) atoms. The highest BCUT2D eigenvalue weighted by atomic mass is 19.1. The zero-order chi connectivity index (χ0) is 40.6. The zero-order valence-corrected chi connectivity index (χ0v) is 31.2. The van der Waals surface area contributed by atoms with Crippen LogP contribution in [0.5, 0.6) is 17.2 Å². The molecule has 0 unspecified atom stereocenters. The number of carbonyl (C=O) groups excluding carboxylic acids is 4. The average Bonchev–Trinajstić information content (AvgIpc) is 3.20. The highest BCUT2D eigenvalue weighted by Crippen LogP contribution is 2.38. The van der Waals surface area contributed by atoms with Crippen LogP contribution in [0.1, 0.15) is 53.6 Å². The summed E-state index contributed by atoms with van der Waals surface area (Å²) in [5, 5.41) is 0.